The number of thiophene rings is 1. The van der Waals surface area contributed by atoms with E-state index in [1.165, 1.54) is 34.2 Å². The molecule has 0 saturated heterocycles. The van der Waals surface area contributed by atoms with E-state index in [0.29, 0.717) is 0 Å². The average molecular weight is 396 g/mol. The first kappa shape index (κ1) is 17.2. The molecule has 1 aliphatic carbocycles. The molecule has 2 aliphatic rings. The zero-order chi connectivity index (χ0) is 18.4. The molecule has 0 saturated carbocycles. The Morgan fingerprint density at radius 2 is 2.04 bits per heavy atom. The number of carbonyl (C=O) groups excluding carboxylic acids is 1. The number of benzene rings is 1. The number of carbonyl (C=O) groups is 1. The average Bonchev–Trinajstić information content (AvgIpc) is 3.29. The molecule has 5 rings (SSSR count). The fourth-order valence-corrected chi connectivity index (χ4v) is 6.46. The van der Waals surface area contributed by atoms with E-state index in [1.54, 1.807) is 29.4 Å². The Balaban J connectivity index is 1.44. The van der Waals surface area contributed by atoms with Gasteiger partial charge >= 0.3 is 0 Å². The number of anilines is 1. The van der Waals surface area contributed by atoms with Gasteiger partial charge in [-0.2, -0.15) is 0 Å². The lowest BCUT2D eigenvalue weighted by Crippen LogP contribution is -2.35. The highest BCUT2D eigenvalue weighted by Gasteiger charge is 2.29. The molecule has 4 nitrogen and oxygen atoms in total. The number of thioether (sulfide) groups is 1. The van der Waals surface area contributed by atoms with Crippen molar-refractivity contribution < 1.29 is 4.79 Å². The van der Waals surface area contributed by atoms with Crippen LogP contribution in [0.15, 0.2) is 35.6 Å². The van der Waals surface area contributed by atoms with Gasteiger partial charge in [-0.3, -0.25) is 4.79 Å². The number of rotatable bonds is 3. The van der Waals surface area contributed by atoms with Gasteiger partial charge in [0.2, 0.25) is 5.91 Å². The summed E-state index contributed by atoms with van der Waals surface area (Å²) >= 11 is 3.39. The van der Waals surface area contributed by atoms with Crippen molar-refractivity contribution in [3.63, 3.8) is 0 Å². The zero-order valence-electron chi connectivity index (χ0n) is 15.3. The molecule has 1 atom stereocenters. The van der Waals surface area contributed by atoms with Gasteiger partial charge in [0.05, 0.1) is 5.25 Å². The fraction of sp³-hybridized carbons (Fsp3) is 0.381. The lowest BCUT2D eigenvalue weighted by Gasteiger charge is -2.21. The molecule has 0 bridgehead atoms. The topological polar surface area (TPSA) is 46.1 Å². The summed E-state index contributed by atoms with van der Waals surface area (Å²) in [6.45, 7) is 2.77. The van der Waals surface area contributed by atoms with Crippen molar-refractivity contribution in [2.75, 3.05) is 11.4 Å². The molecule has 138 valence electrons. The molecule has 1 amide bonds. The number of amides is 1. The lowest BCUT2D eigenvalue weighted by molar-refractivity contribution is -0.117. The van der Waals surface area contributed by atoms with Crippen LogP contribution in [-0.2, 0) is 24.1 Å². The van der Waals surface area contributed by atoms with E-state index in [1.807, 2.05) is 24.0 Å². The quantitative estimate of drug-likeness (QED) is 0.479. The highest BCUT2D eigenvalue weighted by Crippen LogP contribution is 2.40. The van der Waals surface area contributed by atoms with Gasteiger partial charge in [-0.05, 0) is 56.2 Å². The third-order valence-corrected chi connectivity index (χ3v) is 7.79. The molecular weight excluding hydrogens is 374 g/mol. The second-order valence-electron chi connectivity index (χ2n) is 7.20. The van der Waals surface area contributed by atoms with Crippen LogP contribution in [-0.4, -0.2) is 27.7 Å². The molecule has 1 aliphatic heterocycles. The summed E-state index contributed by atoms with van der Waals surface area (Å²) in [5.41, 5.74) is 3.76. The molecule has 0 radical (unpaired) electrons. The van der Waals surface area contributed by atoms with Gasteiger partial charge in [0, 0.05) is 22.5 Å². The minimum atomic E-state index is -0.173. The monoisotopic (exact) mass is 395 g/mol. The third kappa shape index (κ3) is 2.95. The van der Waals surface area contributed by atoms with Crippen molar-refractivity contribution in [1.29, 1.82) is 0 Å². The van der Waals surface area contributed by atoms with Crippen LogP contribution in [0.2, 0.25) is 0 Å². The van der Waals surface area contributed by atoms with Crippen LogP contribution in [0.1, 0.15) is 35.8 Å². The molecule has 6 heteroatoms. The fourth-order valence-electron chi connectivity index (χ4n) is 4.16. The highest BCUT2D eigenvalue weighted by molar-refractivity contribution is 8.00. The van der Waals surface area contributed by atoms with Crippen molar-refractivity contribution in [1.82, 2.24) is 9.97 Å². The zero-order valence-corrected chi connectivity index (χ0v) is 16.9. The van der Waals surface area contributed by atoms with Crippen molar-refractivity contribution in [2.45, 2.75) is 49.3 Å². The summed E-state index contributed by atoms with van der Waals surface area (Å²) in [4.78, 5) is 26.7. The largest absolute Gasteiger partial charge is 0.311 e. The Morgan fingerprint density at radius 3 is 2.96 bits per heavy atom. The number of nitrogens with zero attached hydrogens (tertiary/aromatic N) is 3. The molecule has 3 heterocycles. The molecule has 0 spiro atoms. The summed E-state index contributed by atoms with van der Waals surface area (Å²) in [6, 6.07) is 8.22. The molecule has 27 heavy (non-hydrogen) atoms. The number of aromatic nitrogens is 2. The van der Waals surface area contributed by atoms with Gasteiger partial charge in [-0.15, -0.1) is 11.3 Å². The van der Waals surface area contributed by atoms with E-state index < -0.39 is 0 Å². The SMILES string of the molecule is CC(Sc1ncnc2sc3c(c12)CCCC3)C(=O)N1CCc2ccccc21. The van der Waals surface area contributed by atoms with Crippen molar-refractivity contribution >= 4 is 44.9 Å². The van der Waals surface area contributed by atoms with Crippen LogP contribution in [0.25, 0.3) is 10.2 Å². The number of para-hydroxylation sites is 1. The van der Waals surface area contributed by atoms with Crippen LogP contribution in [0.4, 0.5) is 5.69 Å². The normalized spacial score (nSPS) is 17.0. The summed E-state index contributed by atoms with van der Waals surface area (Å²) in [6.07, 6.45) is 7.34. The van der Waals surface area contributed by atoms with Crippen molar-refractivity contribution in [2.24, 2.45) is 0 Å². The van der Waals surface area contributed by atoms with Gasteiger partial charge in [0.15, 0.2) is 0 Å². The second kappa shape index (κ2) is 6.91. The maximum Gasteiger partial charge on any atom is 0.240 e. The predicted molar refractivity (Wildman–Crippen MR) is 112 cm³/mol. The van der Waals surface area contributed by atoms with Gasteiger partial charge in [-0.1, -0.05) is 30.0 Å². The number of hydrogen-bond donors (Lipinski definition) is 0. The lowest BCUT2D eigenvalue weighted by atomic mass is 9.97. The Hall–Kier alpha value is -1.92. The van der Waals surface area contributed by atoms with Crippen LogP contribution in [0.5, 0.6) is 0 Å². The minimum Gasteiger partial charge on any atom is -0.311 e. The minimum absolute atomic E-state index is 0.167. The summed E-state index contributed by atoms with van der Waals surface area (Å²) in [5.74, 6) is 0.167. The Labute approximate surface area is 167 Å². The predicted octanol–water partition coefficient (Wildman–Crippen LogP) is 4.64. The van der Waals surface area contributed by atoms with Gasteiger partial charge in [-0.25, -0.2) is 9.97 Å². The van der Waals surface area contributed by atoms with E-state index >= 15 is 0 Å². The van der Waals surface area contributed by atoms with Crippen LogP contribution < -0.4 is 4.90 Å². The molecule has 3 aromatic rings. The maximum atomic E-state index is 13.1. The number of fused-ring (bicyclic) bond motifs is 4. The summed E-state index contributed by atoms with van der Waals surface area (Å²) < 4.78 is 0. The summed E-state index contributed by atoms with van der Waals surface area (Å²) in [5, 5.41) is 1.99. The molecule has 1 aromatic carbocycles. The number of aryl methyl sites for hydroxylation is 2. The van der Waals surface area contributed by atoms with Crippen molar-refractivity contribution in [3.8, 4) is 0 Å². The van der Waals surface area contributed by atoms with E-state index in [0.717, 1.165) is 41.4 Å². The van der Waals surface area contributed by atoms with E-state index in [-0.39, 0.29) is 11.2 Å². The standard InChI is InChI=1S/C21H21N3OS2/c1-13(21(25)24-11-10-14-6-2-4-8-16(14)24)26-19-18-15-7-3-5-9-17(15)27-20(18)23-12-22-19/h2,4,6,8,12-13H,3,5,7,9-11H2,1H3. The Kier molecular flexibility index (Phi) is 4.40. The third-order valence-electron chi connectivity index (χ3n) is 5.51. The van der Waals surface area contributed by atoms with Crippen LogP contribution in [0.3, 0.4) is 0 Å². The molecule has 0 fully saturated rings. The molecule has 0 N–H and O–H groups in total. The molecule has 1 unspecified atom stereocenters. The Bertz CT molecular complexity index is 1030. The van der Waals surface area contributed by atoms with Gasteiger partial charge < -0.3 is 4.90 Å². The van der Waals surface area contributed by atoms with Crippen LogP contribution >= 0.6 is 23.1 Å². The number of hydrogen-bond acceptors (Lipinski definition) is 5. The van der Waals surface area contributed by atoms with Gasteiger partial charge in [0.25, 0.3) is 0 Å². The first-order valence-corrected chi connectivity index (χ1v) is 11.2. The van der Waals surface area contributed by atoms with Crippen LogP contribution in [0, 0.1) is 0 Å². The highest BCUT2D eigenvalue weighted by atomic mass is 32.2. The second-order valence-corrected chi connectivity index (χ2v) is 9.61. The first-order valence-electron chi connectivity index (χ1n) is 9.53. The van der Waals surface area contributed by atoms with Gasteiger partial charge in [0.1, 0.15) is 16.2 Å². The van der Waals surface area contributed by atoms with Crippen molar-refractivity contribution in [3.05, 3.63) is 46.6 Å². The van der Waals surface area contributed by atoms with E-state index in [9.17, 15) is 4.79 Å². The molecular formula is C21H21N3OS2. The smallest absolute Gasteiger partial charge is 0.240 e. The van der Waals surface area contributed by atoms with E-state index in [2.05, 4.69) is 22.1 Å². The molecule has 2 aromatic heterocycles. The first-order chi connectivity index (χ1) is 13.2. The maximum absolute atomic E-state index is 13.1. The summed E-state index contributed by atoms with van der Waals surface area (Å²) in [7, 11) is 0. The Morgan fingerprint density at radius 1 is 1.19 bits per heavy atom. The van der Waals surface area contributed by atoms with E-state index in [4.69, 9.17) is 0 Å².